The van der Waals surface area contributed by atoms with E-state index in [1.165, 1.54) is 11.1 Å². The van der Waals surface area contributed by atoms with Gasteiger partial charge in [-0.1, -0.05) is 42.5 Å². The van der Waals surface area contributed by atoms with Gasteiger partial charge in [0.25, 0.3) is 0 Å². The Bertz CT molecular complexity index is 458. The van der Waals surface area contributed by atoms with E-state index in [0.717, 1.165) is 17.9 Å². The van der Waals surface area contributed by atoms with Crippen molar-refractivity contribution in [1.82, 2.24) is 0 Å². The molecular weight excluding hydrogens is 196 g/mol. The van der Waals surface area contributed by atoms with Gasteiger partial charge < -0.3 is 4.42 Å². The van der Waals surface area contributed by atoms with Crippen LogP contribution in [0.25, 0.3) is 6.08 Å². The number of hydrogen-bond donors (Lipinski definition) is 0. The van der Waals surface area contributed by atoms with Gasteiger partial charge in [0.2, 0.25) is 0 Å². The molecule has 0 saturated heterocycles. The van der Waals surface area contributed by atoms with Gasteiger partial charge in [0.15, 0.2) is 0 Å². The fourth-order valence-corrected chi connectivity index (χ4v) is 1.63. The average molecular weight is 212 g/mol. The van der Waals surface area contributed by atoms with Crippen LogP contribution in [0.5, 0.6) is 0 Å². The van der Waals surface area contributed by atoms with Gasteiger partial charge >= 0.3 is 0 Å². The molecule has 0 spiro atoms. The largest absolute Gasteiger partial charge is 0.466 e. The summed E-state index contributed by atoms with van der Waals surface area (Å²) in [5.74, 6) is 2.05. The van der Waals surface area contributed by atoms with E-state index in [2.05, 4.69) is 37.3 Å². The van der Waals surface area contributed by atoms with Crippen LogP contribution in [0.4, 0.5) is 0 Å². The van der Waals surface area contributed by atoms with Gasteiger partial charge in [-0.3, -0.25) is 0 Å². The van der Waals surface area contributed by atoms with Gasteiger partial charge in [-0.2, -0.15) is 0 Å². The molecule has 0 unspecified atom stereocenters. The molecule has 2 rings (SSSR count). The Kier molecular flexibility index (Phi) is 3.25. The first-order valence-corrected chi connectivity index (χ1v) is 5.53. The van der Waals surface area contributed by atoms with E-state index in [-0.39, 0.29) is 0 Å². The van der Waals surface area contributed by atoms with Crippen molar-refractivity contribution in [3.05, 3.63) is 65.1 Å². The summed E-state index contributed by atoms with van der Waals surface area (Å²) >= 11 is 0. The highest BCUT2D eigenvalue weighted by atomic mass is 16.3. The second kappa shape index (κ2) is 4.84. The molecule has 1 heteroatoms. The van der Waals surface area contributed by atoms with Crippen LogP contribution >= 0.6 is 0 Å². The predicted molar refractivity (Wildman–Crippen MR) is 67.4 cm³/mol. The Labute approximate surface area is 96.4 Å². The summed E-state index contributed by atoms with van der Waals surface area (Å²) in [5, 5.41) is 0. The zero-order chi connectivity index (χ0) is 11.4. The van der Waals surface area contributed by atoms with Gasteiger partial charge in [-0.05, 0) is 31.0 Å². The van der Waals surface area contributed by atoms with Crippen molar-refractivity contribution in [3.8, 4) is 0 Å². The third kappa shape index (κ3) is 2.63. The summed E-state index contributed by atoms with van der Waals surface area (Å²) in [4.78, 5) is 0. The van der Waals surface area contributed by atoms with Gasteiger partial charge in [0.1, 0.15) is 11.5 Å². The molecule has 1 aromatic heterocycles. The normalized spacial score (nSPS) is 11.1. The number of rotatable bonds is 3. The molecule has 0 radical (unpaired) electrons. The van der Waals surface area contributed by atoms with Crippen molar-refractivity contribution >= 4 is 6.08 Å². The van der Waals surface area contributed by atoms with E-state index < -0.39 is 0 Å². The quantitative estimate of drug-likeness (QED) is 0.744. The summed E-state index contributed by atoms with van der Waals surface area (Å²) in [6.45, 7) is 4.07. The van der Waals surface area contributed by atoms with E-state index in [1.54, 1.807) is 0 Å². The first kappa shape index (κ1) is 10.7. The molecule has 1 heterocycles. The smallest absolute Gasteiger partial charge is 0.108 e. The molecular formula is C15H16O. The van der Waals surface area contributed by atoms with Crippen LogP contribution in [0.3, 0.4) is 0 Å². The Morgan fingerprint density at radius 2 is 1.88 bits per heavy atom. The monoisotopic (exact) mass is 212 g/mol. The highest BCUT2D eigenvalue weighted by molar-refractivity contribution is 5.49. The fraction of sp³-hybridized carbons (Fsp3) is 0.200. The van der Waals surface area contributed by atoms with E-state index >= 15 is 0 Å². The van der Waals surface area contributed by atoms with E-state index in [4.69, 9.17) is 4.42 Å². The average Bonchev–Trinajstić information content (AvgIpc) is 2.60. The highest BCUT2D eigenvalue weighted by Gasteiger charge is 2.00. The molecule has 0 bridgehead atoms. The summed E-state index contributed by atoms with van der Waals surface area (Å²) in [7, 11) is 0. The lowest BCUT2D eigenvalue weighted by Gasteiger charge is -1.91. The molecule has 0 saturated carbocycles. The molecule has 0 fully saturated rings. The third-order valence-electron chi connectivity index (χ3n) is 2.65. The van der Waals surface area contributed by atoms with Gasteiger partial charge in [-0.25, -0.2) is 0 Å². The molecule has 16 heavy (non-hydrogen) atoms. The van der Waals surface area contributed by atoms with Crippen LogP contribution in [0.15, 0.2) is 46.9 Å². The van der Waals surface area contributed by atoms with Crippen LogP contribution in [0.1, 0.15) is 22.6 Å². The summed E-state index contributed by atoms with van der Waals surface area (Å²) in [6, 6.07) is 12.4. The number of furan rings is 1. The van der Waals surface area contributed by atoms with Crippen LogP contribution < -0.4 is 0 Å². The molecule has 2 aromatic rings. The molecule has 0 amide bonds. The van der Waals surface area contributed by atoms with Gasteiger partial charge in [0.05, 0.1) is 0 Å². The van der Waals surface area contributed by atoms with Crippen molar-refractivity contribution in [2.45, 2.75) is 20.3 Å². The number of allylic oxidation sites excluding steroid dienone is 1. The zero-order valence-electron chi connectivity index (χ0n) is 9.73. The van der Waals surface area contributed by atoms with E-state index in [1.807, 2.05) is 25.1 Å². The molecule has 0 aliphatic carbocycles. The maximum absolute atomic E-state index is 5.60. The Morgan fingerprint density at radius 3 is 2.50 bits per heavy atom. The van der Waals surface area contributed by atoms with Crippen molar-refractivity contribution in [3.63, 3.8) is 0 Å². The Morgan fingerprint density at radius 1 is 1.12 bits per heavy atom. The summed E-state index contributed by atoms with van der Waals surface area (Å²) in [5.41, 5.74) is 2.45. The summed E-state index contributed by atoms with van der Waals surface area (Å²) in [6.07, 6.45) is 5.10. The van der Waals surface area contributed by atoms with E-state index in [0.29, 0.717) is 0 Å². The van der Waals surface area contributed by atoms with Crippen LogP contribution in [-0.2, 0) is 6.42 Å². The molecule has 0 N–H and O–H groups in total. The Balaban J connectivity index is 2.00. The molecule has 0 atom stereocenters. The number of aryl methyl sites for hydroxylation is 2. The summed E-state index contributed by atoms with van der Waals surface area (Å²) < 4.78 is 5.60. The molecule has 1 aromatic carbocycles. The third-order valence-corrected chi connectivity index (χ3v) is 2.65. The van der Waals surface area contributed by atoms with Crippen molar-refractivity contribution in [2.24, 2.45) is 0 Å². The molecule has 1 nitrogen and oxygen atoms in total. The second-order valence-electron chi connectivity index (χ2n) is 3.97. The maximum Gasteiger partial charge on any atom is 0.108 e. The predicted octanol–water partition coefficient (Wildman–Crippen LogP) is 4.15. The highest BCUT2D eigenvalue weighted by Crippen LogP contribution is 2.14. The minimum atomic E-state index is 0.851. The standard InChI is InChI=1S/C15H16O/c1-12-11-15(16-13(12)2)10-6-9-14-7-4-3-5-8-14/h3-9,11H,10H2,1-2H3/b9-6+. The lowest BCUT2D eigenvalue weighted by molar-refractivity contribution is 0.493. The minimum Gasteiger partial charge on any atom is -0.466 e. The van der Waals surface area contributed by atoms with Crippen LogP contribution in [0.2, 0.25) is 0 Å². The minimum absolute atomic E-state index is 0.851. The first-order valence-electron chi connectivity index (χ1n) is 5.53. The maximum atomic E-state index is 5.60. The first-order chi connectivity index (χ1) is 7.75. The van der Waals surface area contributed by atoms with Crippen molar-refractivity contribution in [1.29, 1.82) is 0 Å². The number of benzene rings is 1. The number of hydrogen-bond acceptors (Lipinski definition) is 1. The zero-order valence-corrected chi connectivity index (χ0v) is 9.73. The van der Waals surface area contributed by atoms with Gasteiger partial charge in [-0.15, -0.1) is 0 Å². The molecule has 0 aliphatic heterocycles. The van der Waals surface area contributed by atoms with Gasteiger partial charge in [0, 0.05) is 6.42 Å². The topological polar surface area (TPSA) is 13.1 Å². The van der Waals surface area contributed by atoms with Crippen LogP contribution in [0, 0.1) is 13.8 Å². The molecule has 82 valence electrons. The lowest BCUT2D eigenvalue weighted by atomic mass is 10.2. The fourth-order valence-electron chi connectivity index (χ4n) is 1.63. The molecule has 0 aliphatic rings. The van der Waals surface area contributed by atoms with E-state index in [9.17, 15) is 0 Å². The Hall–Kier alpha value is -1.76. The second-order valence-corrected chi connectivity index (χ2v) is 3.97. The van der Waals surface area contributed by atoms with Crippen molar-refractivity contribution < 1.29 is 4.42 Å². The van der Waals surface area contributed by atoms with Crippen molar-refractivity contribution in [2.75, 3.05) is 0 Å². The van der Waals surface area contributed by atoms with Crippen LogP contribution in [-0.4, -0.2) is 0 Å². The SMILES string of the molecule is Cc1cc(C/C=C/c2ccccc2)oc1C. The lowest BCUT2D eigenvalue weighted by Crippen LogP contribution is -1.75.